The Hall–Kier alpha value is -2.62. The molecule has 0 heterocycles. The van der Waals surface area contributed by atoms with E-state index in [-0.39, 0.29) is 4.90 Å². The van der Waals surface area contributed by atoms with E-state index in [1.54, 1.807) is 38.1 Å². The maximum atomic E-state index is 12.6. The number of anilines is 1. The van der Waals surface area contributed by atoms with Crippen LogP contribution in [0.15, 0.2) is 53.4 Å². The zero-order valence-corrected chi connectivity index (χ0v) is 18.3. The molecule has 30 heavy (non-hydrogen) atoms. The standard InChI is InChI=1S/C20H23ClN2O6S/c1-13(2)19(23-30(26,27)15-10-8-14(28-3)9-11-15)20(25)29-12-18(24)22-17-7-5-4-6-16(17)21/h4-11,13,19,23H,12H2,1-3H3,(H,22,24). The molecular weight excluding hydrogens is 432 g/mol. The maximum absolute atomic E-state index is 12.6. The molecule has 0 aliphatic rings. The zero-order chi connectivity index (χ0) is 22.3. The number of benzene rings is 2. The molecule has 0 aliphatic carbocycles. The van der Waals surface area contributed by atoms with Gasteiger partial charge in [0, 0.05) is 0 Å². The third-order valence-corrected chi connectivity index (χ3v) is 5.85. The zero-order valence-electron chi connectivity index (χ0n) is 16.7. The average molecular weight is 455 g/mol. The van der Waals surface area contributed by atoms with Crippen molar-refractivity contribution in [2.75, 3.05) is 19.0 Å². The number of halogens is 1. The van der Waals surface area contributed by atoms with Crippen LogP contribution in [0, 0.1) is 5.92 Å². The lowest BCUT2D eigenvalue weighted by atomic mass is 10.1. The summed E-state index contributed by atoms with van der Waals surface area (Å²) in [6, 6.07) is 11.1. The van der Waals surface area contributed by atoms with E-state index in [0.717, 1.165) is 0 Å². The second kappa shape index (κ2) is 10.4. The minimum Gasteiger partial charge on any atom is -0.497 e. The SMILES string of the molecule is COc1ccc(S(=O)(=O)NC(C(=O)OCC(=O)Nc2ccccc2Cl)C(C)C)cc1. The van der Waals surface area contributed by atoms with Crippen LogP contribution in [0.5, 0.6) is 5.75 Å². The van der Waals surface area contributed by atoms with Crippen molar-refractivity contribution in [3.05, 3.63) is 53.6 Å². The molecule has 162 valence electrons. The average Bonchev–Trinajstić information content (AvgIpc) is 2.72. The first kappa shape index (κ1) is 23.7. The smallest absolute Gasteiger partial charge is 0.324 e. The number of ether oxygens (including phenoxy) is 2. The van der Waals surface area contributed by atoms with Crippen LogP contribution in [0.25, 0.3) is 0 Å². The van der Waals surface area contributed by atoms with Crippen LogP contribution in [-0.4, -0.2) is 40.1 Å². The third kappa shape index (κ3) is 6.45. The van der Waals surface area contributed by atoms with Crippen molar-refractivity contribution >= 4 is 39.2 Å². The molecule has 0 saturated carbocycles. The van der Waals surface area contributed by atoms with Crippen LogP contribution in [0.4, 0.5) is 5.69 Å². The number of hydrogen-bond donors (Lipinski definition) is 2. The van der Waals surface area contributed by atoms with E-state index in [4.69, 9.17) is 21.1 Å². The fourth-order valence-electron chi connectivity index (χ4n) is 2.42. The molecule has 0 aromatic heterocycles. The van der Waals surface area contributed by atoms with Gasteiger partial charge in [0.05, 0.1) is 22.7 Å². The minimum absolute atomic E-state index is 0.0294. The van der Waals surface area contributed by atoms with Crippen molar-refractivity contribution in [2.45, 2.75) is 24.8 Å². The second-order valence-electron chi connectivity index (χ2n) is 6.65. The quantitative estimate of drug-likeness (QED) is 0.563. The van der Waals surface area contributed by atoms with Crippen LogP contribution >= 0.6 is 11.6 Å². The topological polar surface area (TPSA) is 111 Å². The van der Waals surface area contributed by atoms with Gasteiger partial charge in [0.15, 0.2) is 6.61 Å². The summed E-state index contributed by atoms with van der Waals surface area (Å²) in [4.78, 5) is 24.4. The van der Waals surface area contributed by atoms with Gasteiger partial charge in [-0.25, -0.2) is 8.42 Å². The minimum atomic E-state index is -3.99. The number of carbonyl (C=O) groups is 2. The lowest BCUT2D eigenvalue weighted by Gasteiger charge is -2.21. The Bertz CT molecular complexity index is 993. The summed E-state index contributed by atoms with van der Waals surface area (Å²) in [5, 5.41) is 2.86. The van der Waals surface area contributed by atoms with Crippen molar-refractivity contribution in [1.82, 2.24) is 4.72 Å². The number of sulfonamides is 1. The van der Waals surface area contributed by atoms with Crippen molar-refractivity contribution in [1.29, 1.82) is 0 Å². The Kier molecular flexibility index (Phi) is 8.22. The molecule has 0 saturated heterocycles. The summed E-state index contributed by atoms with van der Waals surface area (Å²) < 4.78 is 37.6. The Morgan fingerprint density at radius 3 is 2.27 bits per heavy atom. The van der Waals surface area contributed by atoms with E-state index in [0.29, 0.717) is 16.5 Å². The fourth-order valence-corrected chi connectivity index (χ4v) is 3.94. The van der Waals surface area contributed by atoms with Gasteiger partial charge < -0.3 is 14.8 Å². The third-order valence-electron chi connectivity index (χ3n) is 4.07. The second-order valence-corrected chi connectivity index (χ2v) is 8.78. The molecule has 1 amide bonds. The van der Waals surface area contributed by atoms with Gasteiger partial charge in [0.2, 0.25) is 10.0 Å². The molecular formula is C20H23ClN2O6S. The van der Waals surface area contributed by atoms with Crippen molar-refractivity contribution < 1.29 is 27.5 Å². The van der Waals surface area contributed by atoms with Crippen LogP contribution < -0.4 is 14.8 Å². The van der Waals surface area contributed by atoms with E-state index < -0.39 is 40.5 Å². The predicted molar refractivity (Wildman–Crippen MR) is 113 cm³/mol. The molecule has 2 N–H and O–H groups in total. The lowest BCUT2D eigenvalue weighted by Crippen LogP contribution is -2.45. The van der Waals surface area contributed by atoms with E-state index in [1.807, 2.05) is 0 Å². The number of methoxy groups -OCH3 is 1. The van der Waals surface area contributed by atoms with Crippen molar-refractivity contribution in [3.63, 3.8) is 0 Å². The highest BCUT2D eigenvalue weighted by molar-refractivity contribution is 7.89. The number of esters is 1. The molecule has 1 atom stereocenters. The normalized spacial score (nSPS) is 12.3. The highest BCUT2D eigenvalue weighted by Gasteiger charge is 2.30. The molecule has 2 aromatic carbocycles. The van der Waals surface area contributed by atoms with Crippen molar-refractivity contribution in [2.24, 2.45) is 5.92 Å². The summed E-state index contributed by atoms with van der Waals surface area (Å²) >= 11 is 5.97. The van der Waals surface area contributed by atoms with Crippen LogP contribution in [0.1, 0.15) is 13.8 Å². The Morgan fingerprint density at radius 1 is 1.07 bits per heavy atom. The summed E-state index contributed by atoms with van der Waals surface area (Å²) in [5.74, 6) is -1.39. The fraction of sp³-hybridized carbons (Fsp3) is 0.300. The molecule has 0 bridgehead atoms. The van der Waals surface area contributed by atoms with Gasteiger partial charge in [-0.15, -0.1) is 0 Å². The van der Waals surface area contributed by atoms with Gasteiger partial charge in [0.25, 0.3) is 5.91 Å². The van der Waals surface area contributed by atoms with Crippen molar-refractivity contribution in [3.8, 4) is 5.75 Å². The molecule has 2 rings (SSSR count). The van der Waals surface area contributed by atoms with Gasteiger partial charge in [0.1, 0.15) is 11.8 Å². The van der Waals surface area contributed by atoms with E-state index in [9.17, 15) is 18.0 Å². The highest BCUT2D eigenvalue weighted by atomic mass is 35.5. The number of carbonyl (C=O) groups excluding carboxylic acids is 2. The first-order valence-electron chi connectivity index (χ1n) is 9.01. The maximum Gasteiger partial charge on any atom is 0.324 e. The molecule has 0 aliphatic heterocycles. The van der Waals surface area contributed by atoms with Gasteiger partial charge in [-0.2, -0.15) is 4.72 Å². The first-order valence-corrected chi connectivity index (χ1v) is 10.9. The van der Waals surface area contributed by atoms with Gasteiger partial charge in [-0.1, -0.05) is 37.6 Å². The molecule has 0 radical (unpaired) electrons. The number of rotatable bonds is 9. The van der Waals surface area contributed by atoms with Gasteiger partial charge in [-0.05, 0) is 42.3 Å². The van der Waals surface area contributed by atoms with Gasteiger partial charge in [-0.3, -0.25) is 9.59 Å². The number of para-hydroxylation sites is 1. The summed E-state index contributed by atoms with van der Waals surface area (Å²) in [7, 11) is -2.52. The monoisotopic (exact) mass is 454 g/mol. The summed E-state index contributed by atoms with van der Waals surface area (Å²) in [6.45, 7) is 2.73. The molecule has 2 aromatic rings. The summed E-state index contributed by atoms with van der Waals surface area (Å²) in [6.07, 6.45) is 0. The summed E-state index contributed by atoms with van der Waals surface area (Å²) in [5.41, 5.74) is 0.376. The number of nitrogens with one attached hydrogen (secondary N) is 2. The number of amides is 1. The Labute approximate surface area is 180 Å². The van der Waals surface area contributed by atoms with E-state index >= 15 is 0 Å². The molecule has 10 heteroatoms. The Balaban J connectivity index is 2.01. The molecule has 8 nitrogen and oxygen atoms in total. The van der Waals surface area contributed by atoms with E-state index in [2.05, 4.69) is 10.0 Å². The molecule has 0 spiro atoms. The Morgan fingerprint density at radius 2 is 1.70 bits per heavy atom. The van der Waals surface area contributed by atoms with Crippen LogP contribution in [0.3, 0.4) is 0 Å². The van der Waals surface area contributed by atoms with Crippen LogP contribution in [0.2, 0.25) is 5.02 Å². The van der Waals surface area contributed by atoms with Gasteiger partial charge >= 0.3 is 5.97 Å². The first-order chi connectivity index (χ1) is 14.1. The van der Waals surface area contributed by atoms with E-state index in [1.165, 1.54) is 31.4 Å². The largest absolute Gasteiger partial charge is 0.497 e. The molecule has 1 unspecified atom stereocenters. The predicted octanol–water partition coefficient (Wildman–Crippen LogP) is 2.83. The molecule has 0 fully saturated rings. The number of hydrogen-bond acceptors (Lipinski definition) is 6. The lowest BCUT2D eigenvalue weighted by molar-refractivity contribution is -0.150. The highest BCUT2D eigenvalue weighted by Crippen LogP contribution is 2.20. The van der Waals surface area contributed by atoms with Crippen LogP contribution in [-0.2, 0) is 24.3 Å².